The van der Waals surface area contributed by atoms with Gasteiger partial charge in [-0.15, -0.1) is 5.10 Å². The highest BCUT2D eigenvalue weighted by molar-refractivity contribution is 6.30. The molecule has 1 unspecified atom stereocenters. The van der Waals surface area contributed by atoms with E-state index in [2.05, 4.69) is 15.5 Å². The first-order valence-electron chi connectivity index (χ1n) is 9.33. The third kappa shape index (κ3) is 5.84. The SMILES string of the molecule is CCC(C)Oc1nnc([C@@H]2CC[C@@H](NC(=O)COc3ccc(Cl)cc3)CO2)o1. The maximum absolute atomic E-state index is 12.1. The largest absolute Gasteiger partial charge is 0.484 e. The Morgan fingerprint density at radius 3 is 2.79 bits per heavy atom. The van der Waals surface area contributed by atoms with Gasteiger partial charge in [-0.1, -0.05) is 23.6 Å². The molecule has 1 aliphatic heterocycles. The molecule has 28 heavy (non-hydrogen) atoms. The van der Waals surface area contributed by atoms with Crippen molar-refractivity contribution in [1.29, 1.82) is 0 Å². The number of carbonyl (C=O) groups excluding carboxylic acids is 1. The van der Waals surface area contributed by atoms with Gasteiger partial charge in [-0.25, -0.2) is 0 Å². The molecule has 9 heteroatoms. The zero-order valence-corrected chi connectivity index (χ0v) is 16.6. The molecule has 1 aromatic heterocycles. The van der Waals surface area contributed by atoms with Gasteiger partial charge < -0.3 is 23.9 Å². The van der Waals surface area contributed by atoms with Crippen LogP contribution >= 0.6 is 11.6 Å². The second kappa shape index (κ2) is 9.75. The minimum atomic E-state index is -0.291. The Hall–Kier alpha value is -2.32. The number of rotatable bonds is 8. The number of nitrogens with zero attached hydrogens (tertiary/aromatic N) is 2. The Morgan fingerprint density at radius 1 is 1.32 bits per heavy atom. The fourth-order valence-corrected chi connectivity index (χ4v) is 2.79. The molecule has 1 N–H and O–H groups in total. The zero-order valence-electron chi connectivity index (χ0n) is 15.9. The van der Waals surface area contributed by atoms with Gasteiger partial charge in [0, 0.05) is 5.02 Å². The summed E-state index contributed by atoms with van der Waals surface area (Å²) in [6.07, 6.45) is 2.12. The van der Waals surface area contributed by atoms with Gasteiger partial charge in [0.1, 0.15) is 18.0 Å². The van der Waals surface area contributed by atoms with Crippen molar-refractivity contribution in [3.8, 4) is 11.8 Å². The van der Waals surface area contributed by atoms with Crippen molar-refractivity contribution in [2.45, 2.75) is 51.4 Å². The van der Waals surface area contributed by atoms with Gasteiger partial charge in [-0.3, -0.25) is 4.79 Å². The first kappa shape index (κ1) is 20.4. The van der Waals surface area contributed by atoms with Crippen LogP contribution in [0.4, 0.5) is 0 Å². The number of carbonyl (C=O) groups is 1. The van der Waals surface area contributed by atoms with Gasteiger partial charge in [0.2, 0.25) is 5.89 Å². The maximum Gasteiger partial charge on any atom is 0.414 e. The summed E-state index contributed by atoms with van der Waals surface area (Å²) in [4.78, 5) is 12.1. The molecule has 1 fully saturated rings. The van der Waals surface area contributed by atoms with E-state index in [1.165, 1.54) is 0 Å². The van der Waals surface area contributed by atoms with E-state index in [0.717, 1.165) is 12.8 Å². The van der Waals surface area contributed by atoms with E-state index in [1.807, 2.05) is 13.8 Å². The van der Waals surface area contributed by atoms with Crippen molar-refractivity contribution >= 4 is 17.5 Å². The average molecular weight is 410 g/mol. The number of halogens is 1. The molecule has 0 aliphatic carbocycles. The number of hydrogen-bond acceptors (Lipinski definition) is 7. The number of hydrogen-bond donors (Lipinski definition) is 1. The molecular formula is C19H24ClN3O5. The van der Waals surface area contributed by atoms with E-state index in [1.54, 1.807) is 24.3 Å². The molecule has 2 heterocycles. The summed E-state index contributed by atoms with van der Waals surface area (Å²) < 4.78 is 22.2. The highest BCUT2D eigenvalue weighted by Gasteiger charge is 2.28. The van der Waals surface area contributed by atoms with Crippen LogP contribution in [0.3, 0.4) is 0 Å². The lowest BCUT2D eigenvalue weighted by Gasteiger charge is -2.27. The Bertz CT molecular complexity index is 759. The summed E-state index contributed by atoms with van der Waals surface area (Å²) in [5.41, 5.74) is 0. The van der Waals surface area contributed by atoms with Gasteiger partial charge in [0.25, 0.3) is 5.91 Å². The van der Waals surface area contributed by atoms with E-state index in [-0.39, 0.29) is 36.8 Å². The summed E-state index contributed by atoms with van der Waals surface area (Å²) in [6, 6.07) is 6.76. The molecule has 3 atom stereocenters. The van der Waals surface area contributed by atoms with Crippen LogP contribution in [0.15, 0.2) is 28.7 Å². The van der Waals surface area contributed by atoms with Crippen molar-refractivity contribution in [3.63, 3.8) is 0 Å². The monoisotopic (exact) mass is 409 g/mol. The molecule has 1 aromatic carbocycles. The molecule has 1 saturated heterocycles. The molecule has 3 rings (SSSR count). The first-order valence-corrected chi connectivity index (χ1v) is 9.70. The quantitative estimate of drug-likeness (QED) is 0.714. The first-order chi connectivity index (χ1) is 13.5. The molecule has 0 saturated carbocycles. The van der Waals surface area contributed by atoms with Crippen molar-refractivity contribution in [2.75, 3.05) is 13.2 Å². The molecule has 0 radical (unpaired) electrons. The lowest BCUT2D eigenvalue weighted by atomic mass is 10.1. The standard InChI is InChI=1S/C19H24ClN3O5/c1-3-12(2)27-19-23-22-18(28-19)16-9-6-14(10-26-16)21-17(24)11-25-15-7-4-13(20)5-8-15/h4-5,7-8,12,14,16H,3,6,9-11H2,1-2H3,(H,21,24)/t12?,14-,16+/m1/s1. The Morgan fingerprint density at radius 2 is 2.11 bits per heavy atom. The van der Waals surface area contributed by atoms with Crippen LogP contribution < -0.4 is 14.8 Å². The zero-order chi connectivity index (χ0) is 19.9. The summed E-state index contributed by atoms with van der Waals surface area (Å²) in [5, 5.41) is 11.4. The molecule has 1 amide bonds. The fraction of sp³-hybridized carbons (Fsp3) is 0.526. The maximum atomic E-state index is 12.1. The molecule has 0 bridgehead atoms. The molecular weight excluding hydrogens is 386 g/mol. The van der Waals surface area contributed by atoms with E-state index < -0.39 is 0 Å². The Labute approximate surface area is 168 Å². The third-order valence-electron chi connectivity index (χ3n) is 4.40. The lowest BCUT2D eigenvalue weighted by Crippen LogP contribution is -2.43. The van der Waals surface area contributed by atoms with Crippen molar-refractivity contribution in [2.24, 2.45) is 0 Å². The predicted octanol–water partition coefficient (Wildman–Crippen LogP) is 3.32. The predicted molar refractivity (Wildman–Crippen MR) is 101 cm³/mol. The normalized spacial score (nSPS) is 20.4. The minimum absolute atomic E-state index is 0.00950. The molecule has 0 spiro atoms. The summed E-state index contributed by atoms with van der Waals surface area (Å²) >= 11 is 5.82. The minimum Gasteiger partial charge on any atom is -0.484 e. The van der Waals surface area contributed by atoms with Gasteiger partial charge in [0.15, 0.2) is 6.61 Å². The molecule has 8 nitrogen and oxygen atoms in total. The van der Waals surface area contributed by atoms with Crippen LogP contribution in [0.25, 0.3) is 0 Å². The van der Waals surface area contributed by atoms with E-state index in [4.69, 9.17) is 30.2 Å². The smallest absolute Gasteiger partial charge is 0.414 e. The van der Waals surface area contributed by atoms with Crippen LogP contribution in [-0.4, -0.2) is 41.5 Å². The van der Waals surface area contributed by atoms with Crippen LogP contribution in [0.2, 0.25) is 5.02 Å². The summed E-state index contributed by atoms with van der Waals surface area (Å²) in [5.74, 6) is 0.782. The van der Waals surface area contributed by atoms with Gasteiger partial charge in [-0.2, -0.15) is 0 Å². The van der Waals surface area contributed by atoms with Crippen LogP contribution in [-0.2, 0) is 9.53 Å². The second-order valence-corrected chi connectivity index (χ2v) is 7.09. The van der Waals surface area contributed by atoms with E-state index in [9.17, 15) is 4.79 Å². The number of ether oxygens (including phenoxy) is 3. The molecule has 152 valence electrons. The summed E-state index contributed by atoms with van der Waals surface area (Å²) in [6.45, 7) is 4.24. The van der Waals surface area contributed by atoms with Crippen molar-refractivity contribution in [3.05, 3.63) is 35.2 Å². The Balaban J connectivity index is 1.40. The fourth-order valence-electron chi connectivity index (χ4n) is 2.66. The van der Waals surface area contributed by atoms with Crippen LogP contribution in [0.1, 0.15) is 45.1 Å². The molecule has 1 aliphatic rings. The molecule has 2 aromatic rings. The van der Waals surface area contributed by atoms with Gasteiger partial charge in [-0.05, 0) is 50.5 Å². The van der Waals surface area contributed by atoms with Crippen LogP contribution in [0, 0.1) is 0 Å². The second-order valence-electron chi connectivity index (χ2n) is 6.65. The lowest BCUT2D eigenvalue weighted by molar-refractivity contribution is -0.125. The highest BCUT2D eigenvalue weighted by atomic mass is 35.5. The number of aromatic nitrogens is 2. The van der Waals surface area contributed by atoms with Gasteiger partial charge in [0.05, 0.1) is 12.6 Å². The highest BCUT2D eigenvalue weighted by Crippen LogP contribution is 2.28. The van der Waals surface area contributed by atoms with Crippen molar-refractivity contribution in [1.82, 2.24) is 15.5 Å². The van der Waals surface area contributed by atoms with Crippen LogP contribution in [0.5, 0.6) is 11.8 Å². The number of nitrogens with one attached hydrogen (secondary N) is 1. The van der Waals surface area contributed by atoms with E-state index in [0.29, 0.717) is 29.7 Å². The summed E-state index contributed by atoms with van der Waals surface area (Å²) in [7, 11) is 0. The number of amides is 1. The van der Waals surface area contributed by atoms with E-state index >= 15 is 0 Å². The topological polar surface area (TPSA) is 95.7 Å². The number of benzene rings is 1. The third-order valence-corrected chi connectivity index (χ3v) is 4.65. The Kier molecular flexibility index (Phi) is 7.11. The van der Waals surface area contributed by atoms with Crippen molar-refractivity contribution < 1.29 is 23.4 Å². The van der Waals surface area contributed by atoms with Gasteiger partial charge >= 0.3 is 6.08 Å². The average Bonchev–Trinajstić information content (AvgIpc) is 3.16.